The zero-order valence-corrected chi connectivity index (χ0v) is 11.1. The normalized spacial score (nSPS) is 12.2. The number of halogens is 3. The fourth-order valence-electron chi connectivity index (χ4n) is 1.46. The average molecular weight is 310 g/mol. The van der Waals surface area contributed by atoms with Crippen LogP contribution >= 0.6 is 0 Å². The molecule has 1 rings (SSSR count). The molecule has 0 radical (unpaired) electrons. The summed E-state index contributed by atoms with van der Waals surface area (Å²) in [6.45, 7) is 0.132. The summed E-state index contributed by atoms with van der Waals surface area (Å²) in [4.78, 5) is 9.68. The predicted molar refractivity (Wildman–Crippen MR) is 66.6 cm³/mol. The van der Waals surface area contributed by atoms with Crippen molar-refractivity contribution in [3.8, 4) is 0 Å². The maximum atomic E-state index is 12.5. The molecule has 0 bridgehead atoms. The van der Waals surface area contributed by atoms with Crippen molar-refractivity contribution in [2.24, 2.45) is 5.73 Å². The van der Waals surface area contributed by atoms with E-state index in [1.807, 2.05) is 0 Å². The minimum absolute atomic E-state index is 0.0567. The molecule has 9 heteroatoms. The van der Waals surface area contributed by atoms with E-state index in [1.54, 1.807) is 0 Å². The molecule has 0 unspecified atom stereocenters. The molecule has 0 spiro atoms. The van der Waals surface area contributed by atoms with Gasteiger partial charge in [-0.05, 0) is 18.6 Å². The van der Waals surface area contributed by atoms with Crippen LogP contribution in [0.15, 0.2) is 29.2 Å². The molecule has 0 saturated carbocycles. The second kappa shape index (κ2) is 6.12. The molecule has 0 aliphatic rings. The molecule has 0 aromatic heterocycles. The summed E-state index contributed by atoms with van der Waals surface area (Å²) in [6, 6.07) is 4.71. The van der Waals surface area contributed by atoms with Crippen LogP contribution in [0.3, 0.4) is 0 Å². The van der Waals surface area contributed by atoms with Gasteiger partial charge in [0.05, 0.1) is 10.6 Å². The van der Waals surface area contributed by atoms with Gasteiger partial charge >= 0.3 is 5.51 Å². The molecule has 1 aromatic rings. The van der Waals surface area contributed by atoms with Crippen molar-refractivity contribution in [1.82, 2.24) is 0 Å². The summed E-state index contributed by atoms with van der Waals surface area (Å²) in [5, 5.41) is 2.56. The Morgan fingerprint density at radius 1 is 1.25 bits per heavy atom. The minimum atomic E-state index is -5.41. The lowest BCUT2D eigenvalue weighted by Crippen LogP contribution is -2.24. The van der Waals surface area contributed by atoms with Gasteiger partial charge in [-0.1, -0.05) is 12.1 Å². The fourth-order valence-corrected chi connectivity index (χ4v) is 2.39. The highest BCUT2D eigenvalue weighted by atomic mass is 32.2. The predicted octanol–water partition coefficient (Wildman–Crippen LogP) is 1.66. The molecule has 0 heterocycles. The van der Waals surface area contributed by atoms with Crippen LogP contribution in [0.1, 0.15) is 12.8 Å². The van der Waals surface area contributed by atoms with Gasteiger partial charge in [0.1, 0.15) is 0 Å². The van der Waals surface area contributed by atoms with E-state index in [2.05, 4.69) is 5.32 Å². The average Bonchev–Trinajstić information content (AvgIpc) is 2.33. The molecule has 112 valence electrons. The minimum Gasteiger partial charge on any atom is -0.384 e. The number of amides is 1. The Labute approximate surface area is 113 Å². The zero-order chi connectivity index (χ0) is 15.4. The number of sulfone groups is 1. The summed E-state index contributed by atoms with van der Waals surface area (Å²) >= 11 is 0. The van der Waals surface area contributed by atoms with Crippen molar-refractivity contribution < 1.29 is 26.4 Å². The Kier molecular flexibility index (Phi) is 4.98. The Bertz CT molecular complexity index is 585. The first-order valence-electron chi connectivity index (χ1n) is 5.59. The van der Waals surface area contributed by atoms with E-state index in [0.29, 0.717) is 0 Å². The molecule has 0 aliphatic carbocycles. The first-order chi connectivity index (χ1) is 9.16. The number of benzene rings is 1. The van der Waals surface area contributed by atoms with Gasteiger partial charge < -0.3 is 11.1 Å². The standard InChI is InChI=1S/C11H13F3N2O3S/c12-11(13,14)20(18,19)9-5-2-1-4-8(9)16-7-3-6-10(15)17/h1-2,4-5,16H,3,6-7H2,(H2,15,17). The zero-order valence-electron chi connectivity index (χ0n) is 10.3. The number of anilines is 1. The van der Waals surface area contributed by atoms with E-state index < -0.39 is 26.1 Å². The summed E-state index contributed by atoms with van der Waals surface area (Å²) in [5.41, 5.74) is -0.604. The summed E-state index contributed by atoms with van der Waals surface area (Å²) < 4.78 is 60.3. The lowest BCUT2D eigenvalue weighted by Gasteiger charge is -2.13. The van der Waals surface area contributed by atoms with Gasteiger partial charge in [-0.3, -0.25) is 4.79 Å². The number of primary amides is 1. The Morgan fingerprint density at radius 3 is 2.40 bits per heavy atom. The van der Waals surface area contributed by atoms with Crippen molar-refractivity contribution in [3.05, 3.63) is 24.3 Å². The number of nitrogens with one attached hydrogen (secondary N) is 1. The first kappa shape index (κ1) is 16.3. The van der Waals surface area contributed by atoms with E-state index in [-0.39, 0.29) is 25.1 Å². The van der Waals surface area contributed by atoms with E-state index in [9.17, 15) is 26.4 Å². The number of nitrogens with two attached hydrogens (primary N) is 1. The molecule has 0 saturated heterocycles. The molecule has 1 amide bonds. The summed E-state index contributed by atoms with van der Waals surface area (Å²) in [6.07, 6.45) is 0.344. The Morgan fingerprint density at radius 2 is 1.85 bits per heavy atom. The Hall–Kier alpha value is -1.77. The van der Waals surface area contributed by atoms with Gasteiger partial charge in [0, 0.05) is 13.0 Å². The van der Waals surface area contributed by atoms with Crippen molar-refractivity contribution in [3.63, 3.8) is 0 Å². The number of hydrogen-bond donors (Lipinski definition) is 2. The van der Waals surface area contributed by atoms with Crippen LogP contribution in [0.25, 0.3) is 0 Å². The van der Waals surface area contributed by atoms with Gasteiger partial charge in [0.15, 0.2) is 0 Å². The number of carbonyl (C=O) groups excluding carboxylic acids is 1. The molecular formula is C11H13F3N2O3S. The van der Waals surface area contributed by atoms with Crippen LogP contribution in [0.4, 0.5) is 18.9 Å². The molecule has 0 aliphatic heterocycles. The van der Waals surface area contributed by atoms with Crippen LogP contribution < -0.4 is 11.1 Å². The van der Waals surface area contributed by atoms with Crippen molar-refractivity contribution in [2.45, 2.75) is 23.2 Å². The second-order valence-electron chi connectivity index (χ2n) is 3.94. The smallest absolute Gasteiger partial charge is 0.384 e. The third-order valence-corrected chi connectivity index (χ3v) is 3.94. The van der Waals surface area contributed by atoms with Crippen LogP contribution in [0.5, 0.6) is 0 Å². The maximum absolute atomic E-state index is 12.5. The third-order valence-electron chi connectivity index (χ3n) is 2.40. The highest BCUT2D eigenvalue weighted by molar-refractivity contribution is 7.92. The summed E-state index contributed by atoms with van der Waals surface area (Å²) in [7, 11) is -5.41. The molecule has 0 atom stereocenters. The fraction of sp³-hybridized carbons (Fsp3) is 0.364. The van der Waals surface area contributed by atoms with Crippen molar-refractivity contribution >= 4 is 21.4 Å². The number of hydrogen-bond acceptors (Lipinski definition) is 4. The van der Waals surface area contributed by atoms with Gasteiger partial charge in [-0.2, -0.15) is 13.2 Å². The van der Waals surface area contributed by atoms with Crippen LogP contribution in [-0.4, -0.2) is 26.4 Å². The van der Waals surface area contributed by atoms with E-state index in [0.717, 1.165) is 6.07 Å². The van der Waals surface area contributed by atoms with Gasteiger partial charge in [-0.25, -0.2) is 8.42 Å². The quantitative estimate of drug-likeness (QED) is 0.782. The molecule has 20 heavy (non-hydrogen) atoms. The highest BCUT2D eigenvalue weighted by Crippen LogP contribution is 2.34. The van der Waals surface area contributed by atoms with Crippen molar-refractivity contribution in [2.75, 3.05) is 11.9 Å². The van der Waals surface area contributed by atoms with Crippen LogP contribution in [0, 0.1) is 0 Å². The highest BCUT2D eigenvalue weighted by Gasteiger charge is 2.47. The molecule has 3 N–H and O–H groups in total. The lowest BCUT2D eigenvalue weighted by molar-refractivity contribution is -0.118. The topological polar surface area (TPSA) is 89.3 Å². The molecular weight excluding hydrogens is 297 g/mol. The van der Waals surface area contributed by atoms with Crippen molar-refractivity contribution in [1.29, 1.82) is 0 Å². The Balaban J connectivity index is 2.92. The van der Waals surface area contributed by atoms with Gasteiger partial charge in [-0.15, -0.1) is 0 Å². The lowest BCUT2D eigenvalue weighted by atomic mass is 10.2. The first-order valence-corrected chi connectivity index (χ1v) is 7.07. The largest absolute Gasteiger partial charge is 0.501 e. The van der Waals surface area contributed by atoms with E-state index >= 15 is 0 Å². The van der Waals surface area contributed by atoms with Crippen LogP contribution in [0.2, 0.25) is 0 Å². The molecule has 0 fully saturated rings. The van der Waals surface area contributed by atoms with Gasteiger partial charge in [0.2, 0.25) is 5.91 Å². The molecule has 5 nitrogen and oxygen atoms in total. The van der Waals surface area contributed by atoms with Crippen LogP contribution in [-0.2, 0) is 14.6 Å². The van der Waals surface area contributed by atoms with E-state index in [1.165, 1.54) is 18.2 Å². The maximum Gasteiger partial charge on any atom is 0.501 e. The number of para-hydroxylation sites is 1. The van der Waals surface area contributed by atoms with Gasteiger partial charge in [0.25, 0.3) is 9.84 Å². The second-order valence-corrected chi connectivity index (χ2v) is 5.85. The van der Waals surface area contributed by atoms with E-state index in [4.69, 9.17) is 5.73 Å². The monoisotopic (exact) mass is 310 g/mol. The number of alkyl halides is 3. The molecule has 1 aromatic carbocycles. The number of carbonyl (C=O) groups is 1. The third kappa shape index (κ3) is 3.86. The number of rotatable bonds is 6. The summed E-state index contributed by atoms with van der Waals surface area (Å²) in [5.74, 6) is -0.539. The SMILES string of the molecule is NC(=O)CCCNc1ccccc1S(=O)(=O)C(F)(F)F.